The molecule has 1 aromatic rings. The molecule has 1 heterocycles. The van der Waals surface area contributed by atoms with E-state index in [0.717, 1.165) is 12.1 Å². The predicted molar refractivity (Wildman–Crippen MR) is 86.6 cm³/mol. The second-order valence-corrected chi connectivity index (χ2v) is 8.39. The van der Waals surface area contributed by atoms with Crippen LogP contribution in [0, 0.1) is 5.92 Å². The van der Waals surface area contributed by atoms with Crippen molar-refractivity contribution in [2.45, 2.75) is 64.6 Å². The number of hydrogen-bond acceptors (Lipinski definition) is 3. The molecule has 0 aliphatic carbocycles. The van der Waals surface area contributed by atoms with Crippen LogP contribution in [0.3, 0.4) is 0 Å². The van der Waals surface area contributed by atoms with Gasteiger partial charge in [0.15, 0.2) is 0 Å². The van der Waals surface area contributed by atoms with Crippen LogP contribution in [0.15, 0.2) is 17.2 Å². The van der Waals surface area contributed by atoms with E-state index in [1.165, 1.54) is 4.31 Å². The third kappa shape index (κ3) is 5.13. The Kier molecular flexibility index (Phi) is 6.43. The molecular weight excluding hydrogens is 286 g/mol. The van der Waals surface area contributed by atoms with E-state index in [0.29, 0.717) is 23.4 Å². The van der Waals surface area contributed by atoms with Gasteiger partial charge in [-0.1, -0.05) is 27.7 Å². The van der Waals surface area contributed by atoms with E-state index in [4.69, 9.17) is 0 Å². The zero-order chi connectivity index (χ0) is 16.2. The maximum atomic E-state index is 12.6. The lowest BCUT2D eigenvalue weighted by atomic mass is 10.1. The Balaban J connectivity index is 2.82. The van der Waals surface area contributed by atoms with Crippen LogP contribution in [0.5, 0.6) is 0 Å². The molecule has 1 unspecified atom stereocenters. The minimum absolute atomic E-state index is 0.0119. The summed E-state index contributed by atoms with van der Waals surface area (Å²) in [4.78, 5) is 3.37. The van der Waals surface area contributed by atoms with Crippen molar-refractivity contribution in [2.75, 3.05) is 7.05 Å². The van der Waals surface area contributed by atoms with E-state index in [-0.39, 0.29) is 6.04 Å². The average molecular weight is 315 g/mol. The Bertz CT molecular complexity index is 535. The molecular formula is C15H29N3O2S. The molecule has 0 radical (unpaired) electrons. The largest absolute Gasteiger partial charge is 0.363 e. The molecule has 0 aliphatic heterocycles. The predicted octanol–water partition coefficient (Wildman–Crippen LogP) is 2.57. The van der Waals surface area contributed by atoms with Crippen molar-refractivity contribution >= 4 is 10.0 Å². The van der Waals surface area contributed by atoms with Gasteiger partial charge >= 0.3 is 0 Å². The van der Waals surface area contributed by atoms with Crippen molar-refractivity contribution in [3.63, 3.8) is 0 Å². The molecule has 0 amide bonds. The van der Waals surface area contributed by atoms with Crippen molar-refractivity contribution < 1.29 is 8.42 Å². The molecule has 0 spiro atoms. The van der Waals surface area contributed by atoms with Crippen LogP contribution in [0.25, 0.3) is 0 Å². The van der Waals surface area contributed by atoms with Gasteiger partial charge in [-0.3, -0.25) is 0 Å². The van der Waals surface area contributed by atoms with Crippen molar-refractivity contribution in [2.24, 2.45) is 5.92 Å². The summed E-state index contributed by atoms with van der Waals surface area (Å²) in [5.41, 5.74) is 0.882. The van der Waals surface area contributed by atoms with E-state index >= 15 is 0 Å². The van der Waals surface area contributed by atoms with E-state index < -0.39 is 10.0 Å². The zero-order valence-electron chi connectivity index (χ0n) is 14.0. The Hall–Kier alpha value is -0.850. The Labute approximate surface area is 129 Å². The highest BCUT2D eigenvalue weighted by atomic mass is 32.2. The smallest absolute Gasteiger partial charge is 0.244 e. The number of rotatable bonds is 8. The summed E-state index contributed by atoms with van der Waals surface area (Å²) in [6.07, 6.45) is 2.42. The van der Waals surface area contributed by atoms with E-state index in [1.807, 2.05) is 6.92 Å². The molecule has 1 atom stereocenters. The maximum absolute atomic E-state index is 12.6. The first kappa shape index (κ1) is 18.2. The standard InChI is InChI=1S/C15H29N3O2S/c1-11(2)7-13(5)18(6)21(19,20)15-8-14(17-10-15)9-16-12(3)4/h8,10-13,16-17H,7,9H2,1-6H3. The molecule has 6 heteroatoms. The van der Waals surface area contributed by atoms with E-state index in [9.17, 15) is 8.42 Å². The van der Waals surface area contributed by atoms with Gasteiger partial charge in [0.25, 0.3) is 0 Å². The monoisotopic (exact) mass is 315 g/mol. The molecule has 0 aliphatic rings. The summed E-state index contributed by atoms with van der Waals surface area (Å²) < 4.78 is 26.7. The summed E-state index contributed by atoms with van der Waals surface area (Å²) in [5, 5.41) is 3.26. The topological polar surface area (TPSA) is 65.2 Å². The average Bonchev–Trinajstić information content (AvgIpc) is 2.83. The van der Waals surface area contributed by atoms with Crippen LogP contribution < -0.4 is 5.32 Å². The van der Waals surface area contributed by atoms with Gasteiger partial charge in [0.05, 0.1) is 4.90 Å². The van der Waals surface area contributed by atoms with Crippen molar-refractivity contribution in [3.05, 3.63) is 18.0 Å². The molecule has 2 N–H and O–H groups in total. The first-order valence-corrected chi connectivity index (χ1v) is 8.97. The number of nitrogens with one attached hydrogen (secondary N) is 2. The van der Waals surface area contributed by atoms with Crippen LogP contribution in [0.1, 0.15) is 46.7 Å². The third-order valence-electron chi connectivity index (χ3n) is 3.53. The van der Waals surface area contributed by atoms with E-state index in [1.54, 1.807) is 19.3 Å². The fourth-order valence-corrected chi connectivity index (χ4v) is 3.61. The lowest BCUT2D eigenvalue weighted by Crippen LogP contribution is -2.35. The van der Waals surface area contributed by atoms with Crippen LogP contribution >= 0.6 is 0 Å². The Morgan fingerprint density at radius 3 is 2.38 bits per heavy atom. The van der Waals surface area contributed by atoms with Crippen molar-refractivity contribution in [1.82, 2.24) is 14.6 Å². The second kappa shape index (κ2) is 7.42. The number of sulfonamides is 1. The Morgan fingerprint density at radius 2 is 1.86 bits per heavy atom. The molecule has 122 valence electrons. The summed E-state index contributed by atoms with van der Waals surface area (Å²) in [6, 6.07) is 2.06. The normalized spacial score (nSPS) is 14.3. The van der Waals surface area contributed by atoms with Gasteiger partial charge in [-0.05, 0) is 25.3 Å². The van der Waals surface area contributed by atoms with Gasteiger partial charge in [-0.15, -0.1) is 0 Å². The fourth-order valence-electron chi connectivity index (χ4n) is 2.22. The quantitative estimate of drug-likeness (QED) is 0.775. The van der Waals surface area contributed by atoms with Gasteiger partial charge < -0.3 is 10.3 Å². The first-order chi connectivity index (χ1) is 9.64. The van der Waals surface area contributed by atoms with Crippen LogP contribution in [-0.2, 0) is 16.6 Å². The maximum Gasteiger partial charge on any atom is 0.244 e. The second-order valence-electron chi connectivity index (χ2n) is 6.40. The molecule has 5 nitrogen and oxygen atoms in total. The minimum atomic E-state index is -3.43. The molecule has 0 saturated carbocycles. The van der Waals surface area contributed by atoms with Crippen molar-refractivity contribution in [3.8, 4) is 0 Å². The van der Waals surface area contributed by atoms with Gasteiger partial charge in [0, 0.05) is 37.6 Å². The van der Waals surface area contributed by atoms with Crippen molar-refractivity contribution in [1.29, 1.82) is 0 Å². The molecule has 1 aromatic heterocycles. The lowest BCUT2D eigenvalue weighted by molar-refractivity contribution is 0.338. The number of hydrogen-bond donors (Lipinski definition) is 2. The summed E-state index contributed by atoms with van der Waals surface area (Å²) in [7, 11) is -1.77. The molecule has 0 fully saturated rings. The van der Waals surface area contributed by atoms with Crippen LogP contribution in [0.4, 0.5) is 0 Å². The number of H-pyrrole nitrogens is 1. The van der Waals surface area contributed by atoms with Gasteiger partial charge in [-0.2, -0.15) is 4.31 Å². The van der Waals surface area contributed by atoms with Gasteiger partial charge in [-0.25, -0.2) is 8.42 Å². The molecule has 0 aromatic carbocycles. The number of nitrogens with zero attached hydrogens (tertiary/aromatic N) is 1. The summed E-state index contributed by atoms with van der Waals surface area (Å²) >= 11 is 0. The summed E-state index contributed by atoms with van der Waals surface area (Å²) in [5.74, 6) is 0.467. The first-order valence-electron chi connectivity index (χ1n) is 7.53. The molecule has 21 heavy (non-hydrogen) atoms. The molecule has 1 rings (SSSR count). The van der Waals surface area contributed by atoms with Gasteiger partial charge in [0.1, 0.15) is 0 Å². The highest BCUT2D eigenvalue weighted by Gasteiger charge is 2.26. The van der Waals surface area contributed by atoms with E-state index in [2.05, 4.69) is 38.0 Å². The number of aromatic nitrogens is 1. The van der Waals surface area contributed by atoms with Crippen LogP contribution in [0.2, 0.25) is 0 Å². The molecule has 0 bridgehead atoms. The third-order valence-corrected chi connectivity index (χ3v) is 5.48. The highest BCUT2D eigenvalue weighted by molar-refractivity contribution is 7.89. The number of aromatic amines is 1. The summed E-state index contributed by atoms with van der Waals surface area (Å²) in [6.45, 7) is 10.9. The lowest BCUT2D eigenvalue weighted by Gasteiger charge is -2.25. The SMILES string of the molecule is CC(C)CC(C)N(C)S(=O)(=O)c1c[nH]c(CNC(C)C)c1. The fraction of sp³-hybridized carbons (Fsp3) is 0.733. The minimum Gasteiger partial charge on any atom is -0.363 e. The van der Waals surface area contributed by atoms with Gasteiger partial charge in [0.2, 0.25) is 10.0 Å². The molecule has 0 saturated heterocycles. The van der Waals surface area contributed by atoms with Crippen LogP contribution in [-0.4, -0.2) is 36.8 Å². The zero-order valence-corrected chi connectivity index (χ0v) is 14.8. The Morgan fingerprint density at radius 1 is 1.24 bits per heavy atom. The highest BCUT2D eigenvalue weighted by Crippen LogP contribution is 2.20.